The van der Waals surface area contributed by atoms with Gasteiger partial charge in [-0.25, -0.2) is 14.4 Å². The highest BCUT2D eigenvalue weighted by molar-refractivity contribution is 6.03. The van der Waals surface area contributed by atoms with Gasteiger partial charge in [0.15, 0.2) is 0 Å². The highest BCUT2D eigenvalue weighted by Crippen LogP contribution is 2.20. The van der Waals surface area contributed by atoms with Crippen molar-refractivity contribution in [1.82, 2.24) is 9.97 Å². The van der Waals surface area contributed by atoms with Crippen LogP contribution in [-0.4, -0.2) is 21.9 Å². The monoisotopic (exact) mass is 342 g/mol. The van der Waals surface area contributed by atoms with Gasteiger partial charge < -0.3 is 10.6 Å². The molecule has 1 aromatic heterocycles. The van der Waals surface area contributed by atoms with Crippen LogP contribution in [-0.2, 0) is 0 Å². The lowest BCUT2D eigenvalue weighted by atomic mass is 10.1. The van der Waals surface area contributed by atoms with Crippen molar-refractivity contribution in [2.75, 3.05) is 10.6 Å². The molecule has 5 nitrogen and oxygen atoms in total. The molecule has 2 N–H and O–H groups in total. The summed E-state index contributed by atoms with van der Waals surface area (Å²) >= 11 is 0. The van der Waals surface area contributed by atoms with Crippen LogP contribution in [0.4, 0.5) is 16.0 Å². The molecule has 1 aromatic carbocycles. The van der Waals surface area contributed by atoms with Crippen LogP contribution in [0.15, 0.2) is 30.3 Å². The molecule has 0 bridgehead atoms. The predicted octanol–water partition coefficient (Wildman–Crippen LogP) is 4.31. The molecule has 0 saturated heterocycles. The number of aryl methyl sites for hydroxylation is 1. The van der Waals surface area contributed by atoms with E-state index >= 15 is 0 Å². The third-order valence-corrected chi connectivity index (χ3v) is 4.36. The Morgan fingerprint density at radius 1 is 1.12 bits per heavy atom. The van der Waals surface area contributed by atoms with Crippen LogP contribution < -0.4 is 10.6 Å². The van der Waals surface area contributed by atoms with E-state index in [4.69, 9.17) is 0 Å². The van der Waals surface area contributed by atoms with Crippen molar-refractivity contribution in [3.05, 3.63) is 47.5 Å². The number of hydrogen-bond donors (Lipinski definition) is 2. The van der Waals surface area contributed by atoms with E-state index in [9.17, 15) is 9.18 Å². The Hall–Kier alpha value is -2.50. The number of hydrogen-bond acceptors (Lipinski definition) is 4. The Balaban J connectivity index is 1.72. The van der Waals surface area contributed by atoms with Crippen molar-refractivity contribution < 1.29 is 9.18 Å². The smallest absolute Gasteiger partial charge is 0.274 e. The lowest BCUT2D eigenvalue weighted by molar-refractivity contribution is 0.102. The van der Waals surface area contributed by atoms with E-state index in [-0.39, 0.29) is 11.6 Å². The molecule has 1 aliphatic rings. The summed E-state index contributed by atoms with van der Waals surface area (Å²) < 4.78 is 13.3. The lowest BCUT2D eigenvalue weighted by Crippen LogP contribution is -2.22. The topological polar surface area (TPSA) is 66.9 Å². The van der Waals surface area contributed by atoms with Gasteiger partial charge in [0.05, 0.1) is 0 Å². The van der Waals surface area contributed by atoms with E-state index in [1.165, 1.54) is 37.8 Å². The predicted molar refractivity (Wildman–Crippen MR) is 96.2 cm³/mol. The first-order chi connectivity index (χ1) is 12.1. The third kappa shape index (κ3) is 4.98. The molecule has 0 unspecified atom stereocenters. The highest BCUT2D eigenvalue weighted by atomic mass is 19.1. The number of rotatable bonds is 4. The van der Waals surface area contributed by atoms with Gasteiger partial charge in [0.25, 0.3) is 5.91 Å². The van der Waals surface area contributed by atoms with Crippen LogP contribution in [0, 0.1) is 12.7 Å². The van der Waals surface area contributed by atoms with Crippen LogP contribution >= 0.6 is 0 Å². The fraction of sp³-hybridized carbons (Fsp3) is 0.421. The van der Waals surface area contributed by atoms with Gasteiger partial charge >= 0.3 is 0 Å². The number of anilines is 2. The maximum absolute atomic E-state index is 13.3. The maximum Gasteiger partial charge on any atom is 0.274 e. The minimum absolute atomic E-state index is 0.271. The van der Waals surface area contributed by atoms with Gasteiger partial charge in [-0.2, -0.15) is 0 Å². The summed E-state index contributed by atoms with van der Waals surface area (Å²) in [5, 5.41) is 6.04. The Morgan fingerprint density at radius 3 is 2.60 bits per heavy atom. The number of aromatic nitrogens is 2. The van der Waals surface area contributed by atoms with Crippen molar-refractivity contribution in [3.63, 3.8) is 0 Å². The number of benzene rings is 1. The first kappa shape index (κ1) is 17.3. The van der Waals surface area contributed by atoms with Crippen molar-refractivity contribution in [3.8, 4) is 0 Å². The van der Waals surface area contributed by atoms with Crippen molar-refractivity contribution in [1.29, 1.82) is 0 Å². The number of carbonyl (C=O) groups is 1. The Bertz CT molecular complexity index is 742. The van der Waals surface area contributed by atoms with Gasteiger partial charge in [0, 0.05) is 17.4 Å². The largest absolute Gasteiger partial charge is 0.351 e. The molecule has 1 aliphatic carbocycles. The van der Waals surface area contributed by atoms with E-state index < -0.39 is 5.82 Å². The number of nitrogens with one attached hydrogen (secondary N) is 2. The second kappa shape index (κ2) is 8.05. The summed E-state index contributed by atoms with van der Waals surface area (Å²) in [6.45, 7) is 1.83. The number of halogens is 1. The van der Waals surface area contributed by atoms with Gasteiger partial charge in [-0.1, -0.05) is 31.7 Å². The third-order valence-electron chi connectivity index (χ3n) is 4.36. The second-order valence-electron chi connectivity index (χ2n) is 6.52. The van der Waals surface area contributed by atoms with Gasteiger partial charge in [-0.3, -0.25) is 4.79 Å². The molecule has 132 valence electrons. The van der Waals surface area contributed by atoms with Gasteiger partial charge in [0.1, 0.15) is 11.5 Å². The molecular formula is C19H23FN4O. The Labute approximate surface area is 147 Å². The number of nitrogens with zero attached hydrogens (tertiary/aromatic N) is 2. The molecule has 3 rings (SSSR count). The van der Waals surface area contributed by atoms with Crippen molar-refractivity contribution in [2.24, 2.45) is 0 Å². The first-order valence-corrected chi connectivity index (χ1v) is 8.79. The summed E-state index contributed by atoms with van der Waals surface area (Å²) in [6, 6.07) is 7.78. The minimum Gasteiger partial charge on any atom is -0.351 e. The highest BCUT2D eigenvalue weighted by Gasteiger charge is 2.16. The molecule has 1 saturated carbocycles. The van der Waals surface area contributed by atoms with Crippen LogP contribution in [0.2, 0.25) is 0 Å². The summed E-state index contributed by atoms with van der Waals surface area (Å²) in [4.78, 5) is 21.2. The summed E-state index contributed by atoms with van der Waals surface area (Å²) in [7, 11) is 0. The number of amides is 1. The van der Waals surface area contributed by atoms with E-state index in [2.05, 4.69) is 20.6 Å². The van der Waals surface area contributed by atoms with Crippen LogP contribution in [0.25, 0.3) is 0 Å². The fourth-order valence-corrected chi connectivity index (χ4v) is 3.12. The molecule has 0 spiro atoms. The molecule has 0 atom stereocenters. The average Bonchev–Trinajstić information content (AvgIpc) is 2.83. The van der Waals surface area contributed by atoms with Crippen molar-refractivity contribution >= 4 is 17.5 Å². The quantitative estimate of drug-likeness (QED) is 0.813. The fourth-order valence-electron chi connectivity index (χ4n) is 3.12. The molecule has 0 radical (unpaired) electrons. The van der Waals surface area contributed by atoms with E-state index in [0.29, 0.717) is 17.7 Å². The summed E-state index contributed by atoms with van der Waals surface area (Å²) in [5.74, 6) is -0.288. The number of carbonyl (C=O) groups excluding carboxylic acids is 1. The normalized spacial score (nSPS) is 15.4. The van der Waals surface area contributed by atoms with Gasteiger partial charge in [0.2, 0.25) is 5.95 Å². The zero-order chi connectivity index (χ0) is 17.6. The Morgan fingerprint density at radius 2 is 1.88 bits per heavy atom. The van der Waals surface area contributed by atoms with Crippen LogP contribution in [0.5, 0.6) is 0 Å². The lowest BCUT2D eigenvalue weighted by Gasteiger charge is -2.17. The first-order valence-electron chi connectivity index (χ1n) is 8.79. The van der Waals surface area contributed by atoms with E-state index in [1.807, 2.05) is 6.92 Å². The molecule has 6 heteroatoms. The molecule has 25 heavy (non-hydrogen) atoms. The maximum atomic E-state index is 13.3. The van der Waals surface area contributed by atoms with Crippen LogP contribution in [0.1, 0.15) is 54.7 Å². The SMILES string of the molecule is Cc1cc(C(=O)Nc2cccc(F)c2)nc(NC2CCCCCC2)n1. The zero-order valence-electron chi connectivity index (χ0n) is 14.4. The molecule has 2 aromatic rings. The van der Waals surface area contributed by atoms with Crippen molar-refractivity contribution in [2.45, 2.75) is 51.5 Å². The zero-order valence-corrected chi connectivity index (χ0v) is 14.4. The molecule has 0 aliphatic heterocycles. The summed E-state index contributed by atoms with van der Waals surface area (Å²) in [6.07, 6.45) is 7.15. The minimum atomic E-state index is -0.396. The average molecular weight is 342 g/mol. The molecular weight excluding hydrogens is 319 g/mol. The molecule has 1 amide bonds. The van der Waals surface area contributed by atoms with E-state index in [0.717, 1.165) is 18.5 Å². The Kier molecular flexibility index (Phi) is 5.58. The van der Waals surface area contributed by atoms with Gasteiger partial charge in [-0.15, -0.1) is 0 Å². The van der Waals surface area contributed by atoms with Crippen LogP contribution in [0.3, 0.4) is 0 Å². The molecule has 1 heterocycles. The standard InChI is InChI=1S/C19H23FN4O/c1-13-11-17(18(25)22-16-10-6-7-14(20)12-16)24-19(21-13)23-15-8-4-2-3-5-9-15/h6-7,10-12,15H,2-5,8-9H2,1H3,(H,22,25)(H,21,23,24). The van der Waals surface area contributed by atoms with Gasteiger partial charge in [-0.05, 0) is 44.0 Å². The second-order valence-corrected chi connectivity index (χ2v) is 6.52. The molecule has 1 fully saturated rings. The summed E-state index contributed by atoms with van der Waals surface area (Å²) in [5.41, 5.74) is 1.39. The van der Waals surface area contributed by atoms with E-state index in [1.54, 1.807) is 18.2 Å².